The van der Waals surface area contributed by atoms with Crippen LogP contribution in [0.25, 0.3) is 0 Å². The molecule has 0 saturated heterocycles. The van der Waals surface area contributed by atoms with Gasteiger partial charge in [0.1, 0.15) is 30.0 Å². The van der Waals surface area contributed by atoms with Gasteiger partial charge in [-0.25, -0.2) is 9.18 Å². The van der Waals surface area contributed by atoms with E-state index in [0.717, 1.165) is 18.2 Å². The van der Waals surface area contributed by atoms with Crippen LogP contribution in [-0.2, 0) is 6.18 Å². The summed E-state index contributed by atoms with van der Waals surface area (Å²) >= 11 is 0. The number of hydrogen-bond acceptors (Lipinski definition) is 5. The van der Waals surface area contributed by atoms with Crippen LogP contribution in [0.3, 0.4) is 0 Å². The Bertz CT molecular complexity index is 1200. The molecule has 35 heavy (non-hydrogen) atoms. The summed E-state index contributed by atoms with van der Waals surface area (Å²) < 4.78 is 62.5. The zero-order valence-electron chi connectivity index (χ0n) is 18.3. The number of aryl methyl sites for hydroxylation is 1. The Kier molecular flexibility index (Phi) is 7.97. The number of aliphatic hydroxyl groups excluding tert-OH is 1. The van der Waals surface area contributed by atoms with E-state index in [9.17, 15) is 32.3 Å². The second-order valence-electron chi connectivity index (χ2n) is 7.36. The number of alkyl halides is 3. The molecule has 12 heteroatoms. The number of halogens is 4. The van der Waals surface area contributed by atoms with Crippen LogP contribution < -0.4 is 20.7 Å². The molecule has 1 heterocycles. The molecule has 0 fully saturated rings. The molecule has 8 nitrogen and oxygen atoms in total. The van der Waals surface area contributed by atoms with Crippen molar-refractivity contribution in [2.75, 3.05) is 23.8 Å². The molecular formula is C23H21F4N3O5. The first-order valence-electron chi connectivity index (χ1n) is 10.2. The predicted molar refractivity (Wildman–Crippen MR) is 118 cm³/mol. The van der Waals surface area contributed by atoms with E-state index in [1.807, 2.05) is 0 Å². The summed E-state index contributed by atoms with van der Waals surface area (Å²) in [6.07, 6.45) is -4.43. The lowest BCUT2D eigenvalue weighted by molar-refractivity contribution is -0.137. The Hall–Kier alpha value is -4.06. The van der Waals surface area contributed by atoms with E-state index in [0.29, 0.717) is 5.76 Å². The molecule has 0 aliphatic heterocycles. The van der Waals surface area contributed by atoms with Crippen LogP contribution in [0.1, 0.15) is 21.7 Å². The first kappa shape index (κ1) is 25.6. The van der Waals surface area contributed by atoms with Crippen molar-refractivity contribution in [2.45, 2.75) is 19.2 Å². The van der Waals surface area contributed by atoms with Crippen molar-refractivity contribution in [3.63, 3.8) is 0 Å². The van der Waals surface area contributed by atoms with Crippen LogP contribution in [0.2, 0.25) is 0 Å². The van der Waals surface area contributed by atoms with Crippen molar-refractivity contribution in [3.8, 4) is 5.75 Å². The molecule has 3 rings (SSSR count). The average Bonchev–Trinajstić information content (AvgIpc) is 3.24. The number of urea groups is 1. The summed E-state index contributed by atoms with van der Waals surface area (Å²) in [6.45, 7) is 0.920. The maximum Gasteiger partial charge on any atom is 0.416 e. The van der Waals surface area contributed by atoms with Gasteiger partial charge in [0.15, 0.2) is 0 Å². The van der Waals surface area contributed by atoms with E-state index < -0.39 is 35.6 Å². The lowest BCUT2D eigenvalue weighted by Gasteiger charge is -2.15. The largest absolute Gasteiger partial charge is 0.491 e. The number of furan rings is 1. The Labute approximate surface area is 196 Å². The number of hydrogen-bond donors (Lipinski definition) is 4. The van der Waals surface area contributed by atoms with Gasteiger partial charge in [-0.2, -0.15) is 13.2 Å². The SMILES string of the molecule is Cc1occc1C(=O)Nc1cc(NC(=O)NCC(O)COc2cccc(C(F)(F)F)c2)ccc1F. The number of ether oxygens (including phenoxy) is 1. The van der Waals surface area contributed by atoms with Gasteiger partial charge in [-0.1, -0.05) is 6.07 Å². The third kappa shape index (κ3) is 7.21. The summed E-state index contributed by atoms with van der Waals surface area (Å²) in [5.74, 6) is -1.06. The summed E-state index contributed by atoms with van der Waals surface area (Å²) in [5.41, 5.74) is -0.695. The minimum Gasteiger partial charge on any atom is -0.491 e. The highest BCUT2D eigenvalue weighted by Gasteiger charge is 2.30. The highest BCUT2D eigenvalue weighted by molar-refractivity contribution is 6.05. The van der Waals surface area contributed by atoms with Crippen molar-refractivity contribution < 1.29 is 41.4 Å². The van der Waals surface area contributed by atoms with E-state index in [4.69, 9.17) is 9.15 Å². The van der Waals surface area contributed by atoms with Crippen LogP contribution in [0.5, 0.6) is 5.75 Å². The lowest BCUT2D eigenvalue weighted by Crippen LogP contribution is -2.37. The Morgan fingerprint density at radius 2 is 1.89 bits per heavy atom. The minimum absolute atomic E-state index is 0.0881. The highest BCUT2D eigenvalue weighted by Crippen LogP contribution is 2.31. The summed E-state index contributed by atoms with van der Waals surface area (Å²) in [5, 5.41) is 17.1. The van der Waals surface area contributed by atoms with Gasteiger partial charge < -0.3 is 30.2 Å². The summed E-state index contributed by atoms with van der Waals surface area (Å²) in [4.78, 5) is 24.4. The Balaban J connectivity index is 1.49. The number of nitrogens with one attached hydrogen (secondary N) is 3. The lowest BCUT2D eigenvalue weighted by atomic mass is 10.2. The molecule has 4 N–H and O–H groups in total. The van der Waals surface area contributed by atoms with Gasteiger partial charge in [0, 0.05) is 12.2 Å². The second-order valence-corrected chi connectivity index (χ2v) is 7.36. The molecule has 1 atom stereocenters. The number of amides is 3. The number of benzene rings is 2. The fraction of sp³-hybridized carbons (Fsp3) is 0.217. The van der Waals surface area contributed by atoms with E-state index in [1.165, 1.54) is 36.6 Å². The van der Waals surface area contributed by atoms with Gasteiger partial charge >= 0.3 is 12.2 Å². The summed E-state index contributed by atoms with van der Waals surface area (Å²) in [6, 6.07) is 8.36. The van der Waals surface area contributed by atoms with Gasteiger partial charge in [-0.3, -0.25) is 4.79 Å². The van der Waals surface area contributed by atoms with E-state index in [1.54, 1.807) is 6.92 Å². The maximum absolute atomic E-state index is 14.1. The summed E-state index contributed by atoms with van der Waals surface area (Å²) in [7, 11) is 0. The van der Waals surface area contributed by atoms with Crippen molar-refractivity contribution >= 4 is 23.3 Å². The molecule has 186 valence electrons. The highest BCUT2D eigenvalue weighted by atomic mass is 19.4. The Morgan fingerprint density at radius 1 is 1.11 bits per heavy atom. The molecule has 0 spiro atoms. The molecular weight excluding hydrogens is 474 g/mol. The molecule has 0 aliphatic rings. The van der Waals surface area contributed by atoms with Crippen LogP contribution in [-0.4, -0.2) is 36.3 Å². The van der Waals surface area contributed by atoms with Crippen molar-refractivity contribution in [2.24, 2.45) is 0 Å². The molecule has 0 bridgehead atoms. The normalized spacial score (nSPS) is 12.1. The van der Waals surface area contributed by atoms with Crippen LogP contribution in [0, 0.1) is 12.7 Å². The first-order chi connectivity index (χ1) is 16.5. The number of carbonyl (C=O) groups is 2. The second kappa shape index (κ2) is 10.9. The maximum atomic E-state index is 14.1. The molecule has 3 amide bonds. The molecule has 1 aromatic heterocycles. The topological polar surface area (TPSA) is 113 Å². The zero-order valence-corrected chi connectivity index (χ0v) is 18.3. The third-order valence-electron chi connectivity index (χ3n) is 4.68. The number of carbonyl (C=O) groups excluding carboxylic acids is 2. The molecule has 2 aromatic carbocycles. The zero-order chi connectivity index (χ0) is 25.6. The number of aliphatic hydroxyl groups is 1. The van der Waals surface area contributed by atoms with Crippen LogP contribution in [0.4, 0.5) is 33.7 Å². The smallest absolute Gasteiger partial charge is 0.416 e. The monoisotopic (exact) mass is 495 g/mol. The van der Waals surface area contributed by atoms with Gasteiger partial charge in [0.05, 0.1) is 23.1 Å². The van der Waals surface area contributed by atoms with E-state index in [-0.39, 0.29) is 35.8 Å². The quantitative estimate of drug-likeness (QED) is 0.342. The molecule has 3 aromatic rings. The van der Waals surface area contributed by atoms with E-state index in [2.05, 4.69) is 16.0 Å². The molecule has 0 radical (unpaired) electrons. The first-order valence-corrected chi connectivity index (χ1v) is 10.2. The van der Waals surface area contributed by atoms with Crippen LogP contribution in [0.15, 0.2) is 59.2 Å². The third-order valence-corrected chi connectivity index (χ3v) is 4.68. The van der Waals surface area contributed by atoms with Gasteiger partial charge in [0.2, 0.25) is 0 Å². The fourth-order valence-corrected chi connectivity index (χ4v) is 2.91. The molecule has 0 aliphatic carbocycles. The van der Waals surface area contributed by atoms with Crippen molar-refractivity contribution in [1.82, 2.24) is 5.32 Å². The van der Waals surface area contributed by atoms with Gasteiger partial charge in [0.25, 0.3) is 5.91 Å². The van der Waals surface area contributed by atoms with Crippen molar-refractivity contribution in [3.05, 3.63) is 77.5 Å². The number of rotatable bonds is 8. The van der Waals surface area contributed by atoms with Gasteiger partial charge in [-0.15, -0.1) is 0 Å². The minimum atomic E-state index is -4.53. The Morgan fingerprint density at radius 3 is 2.57 bits per heavy atom. The van der Waals surface area contributed by atoms with E-state index >= 15 is 0 Å². The van der Waals surface area contributed by atoms with Gasteiger partial charge in [-0.05, 0) is 49.4 Å². The standard InChI is InChI=1S/C23H21F4N3O5/c1-13-18(7-8-34-13)21(32)30-20-10-15(5-6-19(20)24)29-22(33)28-11-16(31)12-35-17-4-2-3-14(9-17)23(25,26)27/h2-10,16,31H,11-12H2,1H3,(H,30,32)(H2,28,29,33). The fourth-order valence-electron chi connectivity index (χ4n) is 2.91. The van der Waals surface area contributed by atoms with Crippen LogP contribution >= 0.6 is 0 Å². The molecule has 1 unspecified atom stereocenters. The van der Waals surface area contributed by atoms with Crippen molar-refractivity contribution in [1.29, 1.82) is 0 Å². The average molecular weight is 495 g/mol. The predicted octanol–water partition coefficient (Wildman–Crippen LogP) is 4.56. The number of anilines is 2. The molecule has 0 saturated carbocycles.